The van der Waals surface area contributed by atoms with Crippen molar-refractivity contribution in [3.63, 3.8) is 0 Å². The van der Waals surface area contributed by atoms with Gasteiger partial charge in [-0.25, -0.2) is 0 Å². The molecule has 0 radical (unpaired) electrons. The number of hydrogen-bond acceptors (Lipinski definition) is 6. The number of benzene rings is 1. The quantitative estimate of drug-likeness (QED) is 0.865. The molecule has 1 saturated heterocycles. The molecule has 2 heterocycles. The van der Waals surface area contributed by atoms with Crippen LogP contribution in [0.15, 0.2) is 24.3 Å². The molecule has 1 aromatic heterocycles. The number of nitrogens with one attached hydrogen (secondary N) is 1. The second kappa shape index (κ2) is 6.94. The molecule has 118 valence electrons. The molecular weight excluding hydrogens is 294 g/mol. The van der Waals surface area contributed by atoms with Crippen molar-refractivity contribution in [2.45, 2.75) is 0 Å². The molecule has 0 spiro atoms. The third-order valence-electron chi connectivity index (χ3n) is 3.57. The molecule has 0 saturated carbocycles. The molecular formula is C16H17N5O2. The molecule has 3 rings (SSSR count). The monoisotopic (exact) mass is 311 g/mol. The maximum absolute atomic E-state index is 9.40. The molecule has 1 aliphatic heterocycles. The minimum Gasteiger partial charge on any atom is -0.497 e. The average molecular weight is 311 g/mol. The van der Waals surface area contributed by atoms with E-state index in [2.05, 4.69) is 21.3 Å². The van der Waals surface area contributed by atoms with Gasteiger partial charge in [-0.3, -0.25) is 5.10 Å². The molecule has 0 aliphatic carbocycles. The van der Waals surface area contributed by atoms with Gasteiger partial charge in [0.2, 0.25) is 5.95 Å². The van der Waals surface area contributed by atoms with Gasteiger partial charge < -0.3 is 14.4 Å². The zero-order valence-electron chi connectivity index (χ0n) is 12.8. The molecule has 2 aromatic rings. The van der Waals surface area contributed by atoms with E-state index in [1.54, 1.807) is 13.2 Å². The summed E-state index contributed by atoms with van der Waals surface area (Å²) in [5, 5.41) is 16.4. The fraction of sp³-hybridized carbons (Fsp3) is 0.312. The molecule has 7 nitrogen and oxygen atoms in total. The van der Waals surface area contributed by atoms with E-state index >= 15 is 0 Å². The Kier molecular flexibility index (Phi) is 4.54. The highest BCUT2D eigenvalue weighted by molar-refractivity contribution is 5.87. The molecule has 1 N–H and O–H groups in total. The first-order chi connectivity index (χ1) is 11.3. The van der Waals surface area contributed by atoms with E-state index in [1.807, 2.05) is 29.2 Å². The van der Waals surface area contributed by atoms with Crippen molar-refractivity contribution in [2.75, 3.05) is 38.3 Å². The van der Waals surface area contributed by atoms with Crippen molar-refractivity contribution in [3.8, 4) is 11.8 Å². The molecule has 1 aliphatic rings. The zero-order valence-corrected chi connectivity index (χ0v) is 12.8. The first kappa shape index (κ1) is 15.1. The van der Waals surface area contributed by atoms with Crippen LogP contribution < -0.4 is 9.64 Å². The first-order valence-corrected chi connectivity index (χ1v) is 7.31. The van der Waals surface area contributed by atoms with Gasteiger partial charge in [0.25, 0.3) is 0 Å². The Morgan fingerprint density at radius 2 is 2.09 bits per heavy atom. The van der Waals surface area contributed by atoms with Crippen molar-refractivity contribution in [2.24, 2.45) is 0 Å². The van der Waals surface area contributed by atoms with Gasteiger partial charge >= 0.3 is 0 Å². The molecule has 23 heavy (non-hydrogen) atoms. The lowest BCUT2D eigenvalue weighted by atomic mass is 10.1. The summed E-state index contributed by atoms with van der Waals surface area (Å²) in [6.45, 7) is 2.83. The summed E-state index contributed by atoms with van der Waals surface area (Å²) in [6, 6.07) is 9.63. The van der Waals surface area contributed by atoms with Crippen LogP contribution in [0.3, 0.4) is 0 Å². The van der Waals surface area contributed by atoms with E-state index in [0.29, 0.717) is 30.6 Å². The van der Waals surface area contributed by atoms with Gasteiger partial charge in [0.1, 0.15) is 11.8 Å². The van der Waals surface area contributed by atoms with Crippen LogP contribution >= 0.6 is 0 Å². The van der Waals surface area contributed by atoms with Crippen LogP contribution in [0.5, 0.6) is 5.75 Å². The fourth-order valence-corrected chi connectivity index (χ4v) is 2.30. The third-order valence-corrected chi connectivity index (χ3v) is 3.57. The van der Waals surface area contributed by atoms with Crippen LogP contribution in [-0.4, -0.2) is 48.6 Å². The molecule has 0 bridgehead atoms. The van der Waals surface area contributed by atoms with Crippen LogP contribution in [-0.2, 0) is 4.74 Å². The van der Waals surface area contributed by atoms with E-state index in [1.165, 1.54) is 0 Å². The maximum atomic E-state index is 9.40. The minimum atomic E-state index is 0.433. The normalized spacial score (nSPS) is 15.3. The summed E-state index contributed by atoms with van der Waals surface area (Å²) in [5.74, 6) is 1.83. The Hall–Kier alpha value is -2.85. The SMILES string of the molecule is COc1ccc(/C=C(/C#N)c2nc(N3CCOCC3)n[nH]2)cc1. The number of allylic oxidation sites excluding steroid dienone is 1. The number of nitriles is 1. The van der Waals surface area contributed by atoms with Crippen LogP contribution in [0.4, 0.5) is 5.95 Å². The summed E-state index contributed by atoms with van der Waals surface area (Å²) in [6.07, 6.45) is 1.77. The lowest BCUT2D eigenvalue weighted by molar-refractivity contribution is 0.122. The van der Waals surface area contributed by atoms with E-state index in [4.69, 9.17) is 9.47 Å². The van der Waals surface area contributed by atoms with E-state index in [0.717, 1.165) is 24.4 Å². The summed E-state index contributed by atoms with van der Waals surface area (Å²) in [7, 11) is 1.62. The van der Waals surface area contributed by atoms with Crippen LogP contribution in [0, 0.1) is 11.3 Å². The van der Waals surface area contributed by atoms with Crippen LogP contribution in [0.1, 0.15) is 11.4 Å². The smallest absolute Gasteiger partial charge is 0.245 e. The molecule has 0 unspecified atom stereocenters. The Morgan fingerprint density at radius 3 is 2.74 bits per heavy atom. The van der Waals surface area contributed by atoms with Gasteiger partial charge in [0.05, 0.1) is 25.9 Å². The van der Waals surface area contributed by atoms with Crippen molar-refractivity contribution < 1.29 is 9.47 Å². The first-order valence-electron chi connectivity index (χ1n) is 7.31. The number of nitrogens with zero attached hydrogens (tertiary/aromatic N) is 4. The van der Waals surface area contributed by atoms with Crippen molar-refractivity contribution in [1.82, 2.24) is 15.2 Å². The summed E-state index contributed by atoms with van der Waals surface area (Å²) >= 11 is 0. The predicted molar refractivity (Wildman–Crippen MR) is 85.9 cm³/mol. The minimum absolute atomic E-state index is 0.433. The second-order valence-corrected chi connectivity index (χ2v) is 5.03. The van der Waals surface area contributed by atoms with Gasteiger partial charge in [-0.2, -0.15) is 10.2 Å². The third kappa shape index (κ3) is 3.49. The Morgan fingerprint density at radius 1 is 1.35 bits per heavy atom. The Bertz CT molecular complexity index is 724. The topological polar surface area (TPSA) is 87.1 Å². The zero-order chi connectivity index (χ0) is 16.1. The van der Waals surface area contributed by atoms with Crippen LogP contribution in [0.25, 0.3) is 11.6 Å². The van der Waals surface area contributed by atoms with Crippen molar-refractivity contribution in [1.29, 1.82) is 5.26 Å². The van der Waals surface area contributed by atoms with E-state index in [9.17, 15) is 5.26 Å². The Labute approximate surface area is 134 Å². The van der Waals surface area contributed by atoms with Gasteiger partial charge in [-0.05, 0) is 23.8 Å². The second-order valence-electron chi connectivity index (χ2n) is 5.03. The number of hydrogen-bond donors (Lipinski definition) is 1. The number of ether oxygens (including phenoxy) is 2. The summed E-state index contributed by atoms with van der Waals surface area (Å²) in [5.41, 5.74) is 1.33. The average Bonchev–Trinajstić information content (AvgIpc) is 3.11. The number of aromatic amines is 1. The summed E-state index contributed by atoms with van der Waals surface area (Å²) < 4.78 is 10.4. The Balaban J connectivity index is 1.81. The highest BCUT2D eigenvalue weighted by Crippen LogP contribution is 2.19. The van der Waals surface area contributed by atoms with E-state index in [-0.39, 0.29) is 0 Å². The highest BCUT2D eigenvalue weighted by Gasteiger charge is 2.16. The maximum Gasteiger partial charge on any atom is 0.245 e. The number of anilines is 1. The number of rotatable bonds is 4. The lowest BCUT2D eigenvalue weighted by Crippen LogP contribution is -2.36. The number of morpholine rings is 1. The van der Waals surface area contributed by atoms with Crippen molar-refractivity contribution in [3.05, 3.63) is 35.7 Å². The standard InChI is InChI=1S/C16H17N5O2/c1-22-14-4-2-12(3-5-14)10-13(11-17)15-18-16(20-19-15)21-6-8-23-9-7-21/h2-5,10H,6-9H2,1H3,(H,18,19,20)/b13-10-. The highest BCUT2D eigenvalue weighted by atomic mass is 16.5. The van der Waals surface area contributed by atoms with Gasteiger partial charge in [0.15, 0.2) is 5.82 Å². The molecule has 1 fully saturated rings. The predicted octanol–water partition coefficient (Wildman–Crippen LogP) is 1.71. The molecule has 0 atom stereocenters. The van der Waals surface area contributed by atoms with Crippen molar-refractivity contribution >= 4 is 17.6 Å². The lowest BCUT2D eigenvalue weighted by Gasteiger charge is -2.25. The van der Waals surface area contributed by atoms with Crippen LogP contribution in [0.2, 0.25) is 0 Å². The van der Waals surface area contributed by atoms with Gasteiger partial charge in [0, 0.05) is 13.1 Å². The summed E-state index contributed by atoms with van der Waals surface area (Å²) in [4.78, 5) is 6.46. The number of methoxy groups -OCH3 is 1. The van der Waals surface area contributed by atoms with E-state index < -0.39 is 0 Å². The molecule has 0 amide bonds. The fourth-order valence-electron chi connectivity index (χ4n) is 2.30. The molecule has 7 heteroatoms. The number of H-pyrrole nitrogens is 1. The largest absolute Gasteiger partial charge is 0.497 e. The number of aromatic nitrogens is 3. The molecule has 1 aromatic carbocycles. The van der Waals surface area contributed by atoms with Gasteiger partial charge in [-0.15, -0.1) is 5.10 Å². The van der Waals surface area contributed by atoms with Gasteiger partial charge in [-0.1, -0.05) is 12.1 Å².